The number of hydrogen-bond acceptors (Lipinski definition) is 12. The third-order valence-corrected chi connectivity index (χ3v) is 20.9. The van der Waals surface area contributed by atoms with Gasteiger partial charge in [0.15, 0.2) is 0 Å². The normalized spacial score (nSPS) is 26.3. The zero-order valence-corrected chi connectivity index (χ0v) is 60.7. The summed E-state index contributed by atoms with van der Waals surface area (Å²) in [5, 5.41) is 11.0. The van der Waals surface area contributed by atoms with E-state index in [0.29, 0.717) is 44.2 Å². The van der Waals surface area contributed by atoms with E-state index >= 15 is 32.8 Å². The molecule has 3 aliphatic heterocycles. The van der Waals surface area contributed by atoms with Gasteiger partial charge in [0.25, 0.3) is 5.91 Å². The first-order valence-corrected chi connectivity index (χ1v) is 35.5. The molecule has 570 valence electrons. The molecule has 2 aliphatic carbocycles. The van der Waals surface area contributed by atoms with Gasteiger partial charge in [-0.05, 0) is 132 Å². The number of ether oxygens (including phenoxy) is 1. The first kappa shape index (κ1) is 82.0. The lowest BCUT2D eigenvalue weighted by Gasteiger charge is -2.41. The van der Waals surface area contributed by atoms with Crippen LogP contribution in [0.15, 0.2) is 48.2 Å². The maximum absolute atomic E-state index is 15.5. The molecule has 2 aromatic rings. The van der Waals surface area contributed by atoms with Gasteiger partial charge in [0.05, 0.1) is 18.2 Å². The number of fused-ring (bicyclic) bond motifs is 2. The summed E-state index contributed by atoms with van der Waals surface area (Å²) in [4.78, 5) is 172. The molecule has 31 heteroatoms. The highest BCUT2D eigenvalue weighted by molar-refractivity contribution is 6.04. The molecule has 1 unspecified atom stereocenters. The van der Waals surface area contributed by atoms with E-state index in [9.17, 15) is 55.1 Å². The van der Waals surface area contributed by atoms with Crippen LogP contribution in [-0.2, 0) is 82.7 Å². The van der Waals surface area contributed by atoms with Crippen LogP contribution in [0.5, 0.6) is 0 Å². The lowest BCUT2D eigenvalue weighted by Crippen LogP contribution is -2.64. The highest BCUT2D eigenvalue weighted by atomic mass is 19.4. The highest BCUT2D eigenvalue weighted by Crippen LogP contribution is 2.39. The molecule has 5 aliphatic rings. The van der Waals surface area contributed by atoms with Crippen molar-refractivity contribution in [1.82, 2.24) is 55.6 Å². The monoisotopic (exact) mass is 1460 g/mol. The number of hydrogen-bond donors (Lipinski definition) is 4. The van der Waals surface area contributed by atoms with Gasteiger partial charge in [0.1, 0.15) is 70.7 Å². The van der Waals surface area contributed by atoms with Gasteiger partial charge in [0, 0.05) is 79.7 Å². The Kier molecular flexibility index (Phi) is 27.5. The molecule has 3 heterocycles. The van der Waals surface area contributed by atoms with Gasteiger partial charge in [-0.25, -0.2) is 8.78 Å². The Morgan fingerprint density at radius 1 is 0.689 bits per heavy atom. The molecule has 23 nitrogen and oxygen atoms in total. The zero-order valence-electron chi connectivity index (χ0n) is 60.7. The van der Waals surface area contributed by atoms with Crippen LogP contribution in [-0.4, -0.2) is 220 Å². The number of benzene rings is 2. The van der Waals surface area contributed by atoms with Gasteiger partial charge >= 0.3 is 12.4 Å². The summed E-state index contributed by atoms with van der Waals surface area (Å²) in [5.41, 5.74) is -5.43. The Morgan fingerprint density at radius 2 is 1.31 bits per heavy atom. The van der Waals surface area contributed by atoms with Crippen LogP contribution in [0, 0.1) is 29.4 Å². The summed E-state index contributed by atoms with van der Waals surface area (Å²) < 4.78 is 119. The summed E-state index contributed by atoms with van der Waals surface area (Å²) in [6.07, 6.45) is -7.69. The molecule has 0 bridgehead atoms. The molecule has 103 heavy (non-hydrogen) atoms. The van der Waals surface area contributed by atoms with E-state index < -0.39 is 192 Å². The molecule has 4 N–H and O–H groups in total. The van der Waals surface area contributed by atoms with E-state index in [1.165, 1.54) is 55.8 Å². The number of aryl methyl sites for hydroxylation is 1. The molecule has 7 rings (SSSR count). The van der Waals surface area contributed by atoms with Crippen molar-refractivity contribution >= 4 is 65.0 Å². The van der Waals surface area contributed by atoms with Gasteiger partial charge < -0.3 is 60.3 Å². The SMILES string of the molecule is CCO[C@@H]1C[C@H]2C(=O)NC3(CCCC3)C(=O)N(C)[C@@H](C3CCCC3)C(=O)N(C)[C@H](C)CC(=O)N(C)[C@@H](CC(C)C)C(=O)N[C@@H](C(C)CC)C(=O)N[C@@H](C)C(=O)N3CC=C3C(=O)N(CC)[C@@H](Cc3ccc(C(F)(F)F)cc3)C(=O)N(C)CC(=O)N[C@@H](CCc3cc(F)c(C(F)(F)F)c(F)c3)C(=O)N2C1. The lowest BCUT2D eigenvalue weighted by molar-refractivity contribution is -0.153. The zero-order chi connectivity index (χ0) is 76.5. The number of nitrogens with zero attached hydrogens (tertiary/aromatic N) is 7. The molecule has 0 radical (unpaired) electrons. The number of carbonyl (C=O) groups excluding carboxylic acids is 11. The lowest BCUT2D eigenvalue weighted by atomic mass is 9.90. The average Bonchev–Trinajstić information content (AvgIpc) is 1.77. The Hall–Kier alpha value is -8.25. The Morgan fingerprint density at radius 3 is 1.85 bits per heavy atom. The van der Waals surface area contributed by atoms with Crippen LogP contribution in [0.3, 0.4) is 0 Å². The number of carbonyl (C=O) groups is 11. The van der Waals surface area contributed by atoms with Crippen LogP contribution < -0.4 is 21.3 Å². The second kappa shape index (κ2) is 34.6. The van der Waals surface area contributed by atoms with E-state index in [4.69, 9.17) is 4.74 Å². The number of alkyl halides is 6. The van der Waals surface area contributed by atoms with Crippen molar-refractivity contribution in [2.75, 3.05) is 61.0 Å². The molecule has 1 spiro atoms. The first-order chi connectivity index (χ1) is 48.3. The minimum Gasteiger partial charge on any atom is -0.377 e. The van der Waals surface area contributed by atoms with Crippen molar-refractivity contribution in [3.8, 4) is 0 Å². The summed E-state index contributed by atoms with van der Waals surface area (Å²) in [5.74, 6) is -13.9. The van der Waals surface area contributed by atoms with E-state index in [1.807, 2.05) is 13.8 Å². The minimum atomic E-state index is -5.44. The second-order valence-corrected chi connectivity index (χ2v) is 28.6. The average molecular weight is 1460 g/mol. The molecular weight excluding hydrogens is 1360 g/mol. The van der Waals surface area contributed by atoms with Crippen LogP contribution in [0.4, 0.5) is 35.1 Å². The molecule has 4 fully saturated rings. The number of likely N-dealkylation sites (N-methyl/N-ethyl adjacent to an activating group) is 5. The predicted molar refractivity (Wildman–Crippen MR) is 361 cm³/mol. The van der Waals surface area contributed by atoms with E-state index in [-0.39, 0.29) is 87.0 Å². The number of nitrogens with one attached hydrogen (secondary N) is 4. The molecule has 10 atom stereocenters. The van der Waals surface area contributed by atoms with E-state index in [2.05, 4.69) is 21.3 Å². The van der Waals surface area contributed by atoms with Gasteiger partial charge in [-0.1, -0.05) is 71.9 Å². The quantitative estimate of drug-likeness (QED) is 0.153. The molecule has 11 amide bonds. The fourth-order valence-corrected chi connectivity index (χ4v) is 14.6. The fraction of sp³-hybridized carbons (Fsp3) is 0.653. The summed E-state index contributed by atoms with van der Waals surface area (Å²) >= 11 is 0. The minimum absolute atomic E-state index is 0.0802. The van der Waals surface area contributed by atoms with Gasteiger partial charge in [-0.2, -0.15) is 26.3 Å². The Bertz CT molecular complexity index is 3470. The Labute approximate surface area is 595 Å². The highest BCUT2D eigenvalue weighted by Gasteiger charge is 2.52. The van der Waals surface area contributed by atoms with Crippen molar-refractivity contribution in [3.05, 3.63) is 82.1 Å². The Balaban J connectivity index is 1.31. The molecule has 2 saturated carbocycles. The van der Waals surface area contributed by atoms with Gasteiger partial charge in [-0.3, -0.25) is 52.7 Å². The van der Waals surface area contributed by atoms with Crippen molar-refractivity contribution in [2.45, 2.75) is 224 Å². The van der Waals surface area contributed by atoms with E-state index in [1.54, 1.807) is 27.7 Å². The van der Waals surface area contributed by atoms with Crippen molar-refractivity contribution in [2.24, 2.45) is 17.8 Å². The maximum atomic E-state index is 15.5. The number of rotatable bonds is 13. The smallest absolute Gasteiger partial charge is 0.377 e. The van der Waals surface area contributed by atoms with Crippen molar-refractivity contribution in [3.63, 3.8) is 0 Å². The van der Waals surface area contributed by atoms with Crippen molar-refractivity contribution < 1.29 is 92.6 Å². The van der Waals surface area contributed by atoms with Crippen LogP contribution in [0.25, 0.3) is 0 Å². The summed E-state index contributed by atoms with van der Waals surface area (Å²) in [7, 11) is 5.57. The van der Waals surface area contributed by atoms with Gasteiger partial charge in [0.2, 0.25) is 59.1 Å². The first-order valence-electron chi connectivity index (χ1n) is 35.5. The van der Waals surface area contributed by atoms with Crippen LogP contribution in [0.2, 0.25) is 0 Å². The van der Waals surface area contributed by atoms with E-state index in [0.717, 1.165) is 63.8 Å². The third-order valence-electron chi connectivity index (χ3n) is 20.9. The topological polar surface area (TPSA) is 268 Å². The van der Waals surface area contributed by atoms with Crippen molar-refractivity contribution in [1.29, 1.82) is 0 Å². The standard InChI is InChI=1S/C72H99F8N11O12/c1-13-41(6)59-63(96)81-43(8)64(97)90-31-28-52(90)67(100)89(14-2)55(36-44-22-25-47(26-23-44)71(75,76)77)66(99)85(9)39-56(92)82-51(27-24-45-34-49(73)58(50(74)35-45)72(78,79)80)65(98)91-38-48(103-15-3)37-54(91)62(95)84-70(29-18-19-30-70)69(102)88(12)60(46-20-16-17-21-46)68(101)86(10)42(7)33-57(93)87(11)53(32-40(4)5)61(94)83-59/h22-23,25-26,28,34-35,40-43,46,48,51,53-55,59-60H,13-21,24,27,29-33,36-39H2,1-12H3,(H,81,96)(H,82,92)(H,83,94)(H,84,95)/t41?,42-,43+,48-,51+,53+,54+,55+,59+,60+/m1/s1. The maximum Gasteiger partial charge on any atom is 0.422 e. The molecule has 0 aromatic heterocycles. The predicted octanol–water partition coefficient (Wildman–Crippen LogP) is 6.68. The molecule has 2 saturated heterocycles. The molecule has 2 aromatic carbocycles. The number of amides is 11. The largest absolute Gasteiger partial charge is 0.422 e. The fourth-order valence-electron chi connectivity index (χ4n) is 14.6. The second-order valence-electron chi connectivity index (χ2n) is 28.6. The third kappa shape index (κ3) is 19.4. The molecular formula is C72H99F8N11O12. The van der Waals surface area contributed by atoms with Gasteiger partial charge in [-0.15, -0.1) is 0 Å². The van der Waals surface area contributed by atoms with Crippen LogP contribution in [0.1, 0.15) is 161 Å². The number of halogens is 8. The summed E-state index contributed by atoms with van der Waals surface area (Å²) in [6.45, 7) is 11.6. The summed E-state index contributed by atoms with van der Waals surface area (Å²) in [6, 6.07) is -6.14. The van der Waals surface area contributed by atoms with Crippen LogP contribution >= 0.6 is 0 Å².